The zero-order chi connectivity index (χ0) is 5.28. The highest BCUT2D eigenvalue weighted by Gasteiger charge is 2.30. The SMILES string of the molecule is [CH2]CCC1CC1C. The molecule has 0 aliphatic heterocycles. The lowest BCUT2D eigenvalue weighted by molar-refractivity contribution is 0.682. The highest BCUT2D eigenvalue weighted by Crippen LogP contribution is 2.40. The molecule has 0 nitrogen and oxygen atoms in total. The molecule has 1 aliphatic carbocycles. The standard InChI is InChI=1S/C7H13/c1-3-4-7-5-6(7)2/h6-7H,1,3-5H2,2H3. The first kappa shape index (κ1) is 5.14. The van der Waals surface area contributed by atoms with E-state index in [0.717, 1.165) is 18.3 Å². The maximum Gasteiger partial charge on any atom is -0.0386 e. The average Bonchev–Trinajstić information content (AvgIpc) is 2.22. The Morgan fingerprint density at radius 1 is 1.71 bits per heavy atom. The van der Waals surface area contributed by atoms with Gasteiger partial charge in [-0.25, -0.2) is 0 Å². The summed E-state index contributed by atoms with van der Waals surface area (Å²) in [5, 5.41) is 0. The quantitative estimate of drug-likeness (QED) is 0.495. The molecule has 1 radical (unpaired) electrons. The Morgan fingerprint density at radius 2 is 2.29 bits per heavy atom. The third-order valence-corrected chi connectivity index (χ3v) is 1.85. The average molecular weight is 97.2 g/mol. The molecule has 0 N–H and O–H groups in total. The second kappa shape index (κ2) is 1.85. The van der Waals surface area contributed by atoms with Gasteiger partial charge in [0, 0.05) is 0 Å². The summed E-state index contributed by atoms with van der Waals surface area (Å²) in [6.45, 7) is 6.12. The lowest BCUT2D eigenvalue weighted by atomic mass is 10.2. The Hall–Kier alpha value is 0. The fraction of sp³-hybridized carbons (Fsp3) is 0.857. The second-order valence-corrected chi connectivity index (χ2v) is 2.62. The molecule has 2 unspecified atom stereocenters. The predicted octanol–water partition coefficient (Wildman–Crippen LogP) is 2.26. The zero-order valence-electron chi connectivity index (χ0n) is 4.98. The van der Waals surface area contributed by atoms with Crippen LogP contribution >= 0.6 is 0 Å². The Kier molecular flexibility index (Phi) is 1.36. The first-order chi connectivity index (χ1) is 3.34. The maximum atomic E-state index is 3.80. The summed E-state index contributed by atoms with van der Waals surface area (Å²) in [5.74, 6) is 2.08. The van der Waals surface area contributed by atoms with Gasteiger partial charge in [0.15, 0.2) is 0 Å². The van der Waals surface area contributed by atoms with Crippen molar-refractivity contribution < 1.29 is 0 Å². The molecular weight excluding hydrogens is 84.1 g/mol. The van der Waals surface area contributed by atoms with Crippen LogP contribution in [0, 0.1) is 18.8 Å². The lowest BCUT2D eigenvalue weighted by Gasteiger charge is -1.86. The topological polar surface area (TPSA) is 0 Å². The molecule has 0 aromatic rings. The highest BCUT2D eigenvalue weighted by molar-refractivity contribution is 4.81. The molecule has 0 heteroatoms. The van der Waals surface area contributed by atoms with Crippen LogP contribution in [0.3, 0.4) is 0 Å². The maximum absolute atomic E-state index is 3.80. The van der Waals surface area contributed by atoms with Gasteiger partial charge in [0.2, 0.25) is 0 Å². The predicted molar refractivity (Wildman–Crippen MR) is 31.9 cm³/mol. The minimum Gasteiger partial charge on any atom is -0.0622 e. The van der Waals surface area contributed by atoms with Gasteiger partial charge >= 0.3 is 0 Å². The van der Waals surface area contributed by atoms with Crippen molar-refractivity contribution in [2.45, 2.75) is 26.2 Å². The summed E-state index contributed by atoms with van der Waals surface area (Å²) in [6.07, 6.45) is 3.96. The van der Waals surface area contributed by atoms with Crippen LogP contribution in [0.25, 0.3) is 0 Å². The summed E-state index contributed by atoms with van der Waals surface area (Å²) in [4.78, 5) is 0. The fourth-order valence-corrected chi connectivity index (χ4v) is 1.06. The molecule has 0 heterocycles. The van der Waals surface area contributed by atoms with Crippen LogP contribution in [0.15, 0.2) is 0 Å². The Balaban J connectivity index is 1.98. The van der Waals surface area contributed by atoms with Crippen LogP contribution < -0.4 is 0 Å². The first-order valence-corrected chi connectivity index (χ1v) is 3.14. The molecule has 1 rings (SSSR count). The van der Waals surface area contributed by atoms with E-state index in [0.29, 0.717) is 0 Å². The normalized spacial score (nSPS) is 38.6. The lowest BCUT2D eigenvalue weighted by Crippen LogP contribution is -1.74. The van der Waals surface area contributed by atoms with E-state index in [1.807, 2.05) is 0 Å². The van der Waals surface area contributed by atoms with E-state index in [4.69, 9.17) is 0 Å². The van der Waals surface area contributed by atoms with Crippen molar-refractivity contribution in [1.82, 2.24) is 0 Å². The molecule has 1 fully saturated rings. The molecule has 1 aliphatic rings. The van der Waals surface area contributed by atoms with Gasteiger partial charge in [-0.15, -0.1) is 0 Å². The highest BCUT2D eigenvalue weighted by atomic mass is 14.4. The van der Waals surface area contributed by atoms with Gasteiger partial charge in [-0.3, -0.25) is 0 Å². The largest absolute Gasteiger partial charge is 0.0622 e. The van der Waals surface area contributed by atoms with Gasteiger partial charge in [-0.2, -0.15) is 0 Å². The molecule has 0 bridgehead atoms. The number of hydrogen-bond donors (Lipinski definition) is 0. The van der Waals surface area contributed by atoms with E-state index < -0.39 is 0 Å². The van der Waals surface area contributed by atoms with E-state index in [1.165, 1.54) is 12.8 Å². The van der Waals surface area contributed by atoms with Crippen molar-refractivity contribution in [2.75, 3.05) is 0 Å². The molecule has 0 amide bonds. The minimum absolute atomic E-state index is 1.03. The third kappa shape index (κ3) is 1.19. The van der Waals surface area contributed by atoms with Gasteiger partial charge in [-0.1, -0.05) is 26.7 Å². The Bertz CT molecular complexity index is 57.1. The van der Waals surface area contributed by atoms with Crippen molar-refractivity contribution in [3.8, 4) is 0 Å². The van der Waals surface area contributed by atoms with E-state index in [9.17, 15) is 0 Å². The van der Waals surface area contributed by atoms with E-state index in [-0.39, 0.29) is 0 Å². The zero-order valence-corrected chi connectivity index (χ0v) is 4.98. The van der Waals surface area contributed by atoms with Gasteiger partial charge < -0.3 is 0 Å². The van der Waals surface area contributed by atoms with Gasteiger partial charge in [0.05, 0.1) is 0 Å². The van der Waals surface area contributed by atoms with Crippen molar-refractivity contribution in [3.63, 3.8) is 0 Å². The summed E-state index contributed by atoms with van der Waals surface area (Å²) in [6, 6.07) is 0. The summed E-state index contributed by atoms with van der Waals surface area (Å²) in [5.41, 5.74) is 0. The molecule has 0 saturated heterocycles. The van der Waals surface area contributed by atoms with Crippen molar-refractivity contribution in [2.24, 2.45) is 11.8 Å². The fourth-order valence-electron chi connectivity index (χ4n) is 1.06. The number of rotatable bonds is 2. The van der Waals surface area contributed by atoms with Gasteiger partial charge in [-0.05, 0) is 18.3 Å². The van der Waals surface area contributed by atoms with Crippen LogP contribution in [0.1, 0.15) is 26.2 Å². The van der Waals surface area contributed by atoms with Crippen LogP contribution in [0.2, 0.25) is 0 Å². The first-order valence-electron chi connectivity index (χ1n) is 3.14. The second-order valence-electron chi connectivity index (χ2n) is 2.62. The van der Waals surface area contributed by atoms with Crippen molar-refractivity contribution >= 4 is 0 Å². The molecule has 2 atom stereocenters. The summed E-state index contributed by atoms with van der Waals surface area (Å²) >= 11 is 0. The van der Waals surface area contributed by atoms with Crippen LogP contribution in [-0.4, -0.2) is 0 Å². The van der Waals surface area contributed by atoms with Gasteiger partial charge in [0.1, 0.15) is 0 Å². The Labute approximate surface area is 45.9 Å². The monoisotopic (exact) mass is 97.1 g/mol. The molecule has 0 aromatic carbocycles. The van der Waals surface area contributed by atoms with Crippen molar-refractivity contribution in [3.05, 3.63) is 6.92 Å². The van der Waals surface area contributed by atoms with E-state index >= 15 is 0 Å². The third-order valence-electron chi connectivity index (χ3n) is 1.85. The van der Waals surface area contributed by atoms with Crippen LogP contribution in [-0.2, 0) is 0 Å². The molecule has 0 aromatic heterocycles. The summed E-state index contributed by atoms with van der Waals surface area (Å²) < 4.78 is 0. The van der Waals surface area contributed by atoms with Crippen molar-refractivity contribution in [1.29, 1.82) is 0 Å². The molecular formula is C7H13. The molecule has 1 saturated carbocycles. The van der Waals surface area contributed by atoms with Crippen LogP contribution in [0.5, 0.6) is 0 Å². The molecule has 41 valence electrons. The van der Waals surface area contributed by atoms with E-state index in [2.05, 4.69) is 13.8 Å². The summed E-state index contributed by atoms with van der Waals surface area (Å²) in [7, 11) is 0. The number of hydrogen-bond acceptors (Lipinski definition) is 0. The smallest absolute Gasteiger partial charge is 0.0386 e. The van der Waals surface area contributed by atoms with Crippen LogP contribution in [0.4, 0.5) is 0 Å². The Morgan fingerprint density at radius 3 is 2.43 bits per heavy atom. The molecule has 7 heavy (non-hydrogen) atoms. The minimum atomic E-state index is 1.03. The molecule has 0 spiro atoms. The van der Waals surface area contributed by atoms with E-state index in [1.54, 1.807) is 0 Å². The van der Waals surface area contributed by atoms with Gasteiger partial charge in [0.25, 0.3) is 0 Å².